The molecule has 0 spiro atoms. The number of rotatable bonds is 7. The van der Waals surface area contributed by atoms with Gasteiger partial charge in [-0.1, -0.05) is 12.8 Å². The Kier molecular flexibility index (Phi) is 10.9. The Morgan fingerprint density at radius 1 is 1.39 bits per heavy atom. The zero-order valence-corrected chi connectivity index (χ0v) is 10.7. The minimum absolute atomic E-state index is 0.250. The molecule has 0 amide bonds. The summed E-state index contributed by atoms with van der Waals surface area (Å²) in [4.78, 5) is 16.2. The van der Waals surface area contributed by atoms with Crippen LogP contribution in [0.1, 0.15) is 38.5 Å². The molecule has 7 heteroatoms. The summed E-state index contributed by atoms with van der Waals surface area (Å²) in [6.07, 6.45) is 7.13. The summed E-state index contributed by atoms with van der Waals surface area (Å²) < 4.78 is 0. The van der Waals surface area contributed by atoms with Crippen molar-refractivity contribution in [3.63, 3.8) is 0 Å². The first-order chi connectivity index (χ1) is 8.60. The van der Waals surface area contributed by atoms with E-state index < -0.39 is 7.12 Å². The van der Waals surface area contributed by atoms with Gasteiger partial charge in [0.05, 0.1) is 0 Å². The van der Waals surface area contributed by atoms with E-state index in [1.807, 2.05) is 0 Å². The van der Waals surface area contributed by atoms with Crippen LogP contribution in [-0.4, -0.2) is 41.9 Å². The van der Waals surface area contributed by atoms with Gasteiger partial charge in [-0.2, -0.15) is 9.59 Å². The highest BCUT2D eigenvalue weighted by molar-refractivity contribution is 6.40. The molecule has 104 valence electrons. The first-order valence-electron chi connectivity index (χ1n) is 6.44. The van der Waals surface area contributed by atoms with Crippen LogP contribution in [-0.2, 0) is 9.59 Å². The first-order valence-corrected chi connectivity index (χ1v) is 6.44. The van der Waals surface area contributed by atoms with E-state index in [1.54, 1.807) is 0 Å². The normalized spacial score (nSPS) is 19.6. The maximum atomic E-state index is 8.66. The lowest BCUT2D eigenvalue weighted by Crippen LogP contribution is -2.31. The van der Waals surface area contributed by atoms with Gasteiger partial charge in [0, 0.05) is 12.1 Å². The van der Waals surface area contributed by atoms with E-state index in [2.05, 4.69) is 5.32 Å². The predicted molar refractivity (Wildman–Crippen MR) is 67.5 cm³/mol. The van der Waals surface area contributed by atoms with Crippen molar-refractivity contribution in [1.29, 1.82) is 0 Å². The second-order valence-electron chi connectivity index (χ2n) is 4.64. The van der Waals surface area contributed by atoms with Crippen LogP contribution in [0.25, 0.3) is 0 Å². The molecular weight excluding hydrogens is 235 g/mol. The van der Waals surface area contributed by atoms with Crippen LogP contribution in [0.15, 0.2) is 0 Å². The number of carbonyl (C=O) groups excluding carboxylic acids is 2. The standard InChI is InChI=1S/C10H23BN2O2.CO2/c12-9(4-1-2-6-11(14)15)8-10-5-3-7-13-10;2-1-3/h9-10,13-15H,1-8,12H2;/t9-,10-;/m1./s1. The van der Waals surface area contributed by atoms with Crippen LogP contribution in [0.5, 0.6) is 0 Å². The number of unbranched alkanes of at least 4 members (excludes halogenated alkanes) is 1. The van der Waals surface area contributed by atoms with Crippen molar-refractivity contribution in [3.8, 4) is 0 Å². The van der Waals surface area contributed by atoms with Crippen LogP contribution in [0.3, 0.4) is 0 Å². The highest BCUT2D eigenvalue weighted by atomic mass is 16.4. The van der Waals surface area contributed by atoms with Crippen molar-refractivity contribution in [2.45, 2.75) is 56.9 Å². The lowest BCUT2D eigenvalue weighted by Gasteiger charge is -2.16. The van der Waals surface area contributed by atoms with Crippen LogP contribution in [0.2, 0.25) is 6.32 Å². The van der Waals surface area contributed by atoms with E-state index in [1.165, 1.54) is 12.8 Å². The van der Waals surface area contributed by atoms with Crippen LogP contribution >= 0.6 is 0 Å². The van der Waals surface area contributed by atoms with Crippen molar-refractivity contribution >= 4 is 13.3 Å². The molecule has 0 aliphatic carbocycles. The molecule has 0 aromatic heterocycles. The van der Waals surface area contributed by atoms with Gasteiger partial charge in [0.15, 0.2) is 0 Å². The summed E-state index contributed by atoms with van der Waals surface area (Å²) in [5.74, 6) is 0. The lowest BCUT2D eigenvalue weighted by molar-refractivity contribution is -0.191. The van der Waals surface area contributed by atoms with Gasteiger partial charge in [0.25, 0.3) is 0 Å². The van der Waals surface area contributed by atoms with Crippen molar-refractivity contribution in [1.82, 2.24) is 5.32 Å². The summed E-state index contributed by atoms with van der Waals surface area (Å²) in [5, 5.41) is 20.8. The first kappa shape index (κ1) is 17.3. The van der Waals surface area contributed by atoms with E-state index in [0.29, 0.717) is 12.4 Å². The molecule has 0 aromatic carbocycles. The third-order valence-electron chi connectivity index (χ3n) is 3.04. The Labute approximate surface area is 108 Å². The SMILES string of the molecule is N[C@H](CCCCB(O)O)C[C@H]1CCCN1.O=C=O. The fraction of sp³-hybridized carbons (Fsp3) is 0.909. The summed E-state index contributed by atoms with van der Waals surface area (Å²) in [5.41, 5.74) is 6.01. The largest absolute Gasteiger partial charge is 0.451 e. The van der Waals surface area contributed by atoms with Gasteiger partial charge in [-0.15, -0.1) is 0 Å². The third kappa shape index (κ3) is 10.4. The molecule has 1 heterocycles. The number of hydrogen-bond acceptors (Lipinski definition) is 6. The second-order valence-corrected chi connectivity index (χ2v) is 4.64. The van der Waals surface area contributed by atoms with Gasteiger partial charge >= 0.3 is 13.3 Å². The molecule has 6 nitrogen and oxygen atoms in total. The number of hydrogen-bond donors (Lipinski definition) is 4. The summed E-state index contributed by atoms with van der Waals surface area (Å²) in [7, 11) is -1.15. The summed E-state index contributed by atoms with van der Waals surface area (Å²) in [6.45, 7) is 1.13. The Morgan fingerprint density at radius 2 is 2.06 bits per heavy atom. The van der Waals surface area contributed by atoms with Crippen LogP contribution < -0.4 is 11.1 Å². The Balaban J connectivity index is 0.000000873. The molecule has 18 heavy (non-hydrogen) atoms. The minimum Gasteiger partial charge on any atom is -0.427 e. The van der Waals surface area contributed by atoms with Gasteiger partial charge in [0.1, 0.15) is 0 Å². The number of nitrogens with two attached hydrogens (primary N) is 1. The zero-order chi connectivity index (χ0) is 13.8. The summed E-state index contributed by atoms with van der Waals surface area (Å²) in [6, 6.07) is 0.875. The average molecular weight is 258 g/mol. The van der Waals surface area contributed by atoms with Crippen LogP contribution in [0.4, 0.5) is 0 Å². The molecule has 2 atom stereocenters. The molecule has 1 saturated heterocycles. The van der Waals surface area contributed by atoms with Gasteiger partial charge in [-0.05, 0) is 38.5 Å². The van der Waals surface area contributed by atoms with Crippen LogP contribution in [0, 0.1) is 0 Å². The molecule has 0 aromatic rings. The molecule has 0 unspecified atom stereocenters. The Hall–Kier alpha value is -0.715. The van der Waals surface area contributed by atoms with Gasteiger partial charge in [-0.3, -0.25) is 0 Å². The zero-order valence-electron chi connectivity index (χ0n) is 10.7. The maximum absolute atomic E-state index is 8.66. The monoisotopic (exact) mass is 258 g/mol. The quantitative estimate of drug-likeness (QED) is 0.362. The highest BCUT2D eigenvalue weighted by Crippen LogP contribution is 2.13. The molecule has 1 fully saturated rings. The molecule has 1 aliphatic heterocycles. The van der Waals surface area contributed by atoms with E-state index in [4.69, 9.17) is 25.4 Å². The summed E-state index contributed by atoms with van der Waals surface area (Å²) >= 11 is 0. The molecule has 5 N–H and O–H groups in total. The smallest absolute Gasteiger partial charge is 0.427 e. The fourth-order valence-electron chi connectivity index (χ4n) is 2.17. The van der Waals surface area contributed by atoms with Crippen molar-refractivity contribution in [2.24, 2.45) is 5.73 Å². The fourth-order valence-corrected chi connectivity index (χ4v) is 2.17. The molecule has 0 radical (unpaired) electrons. The van der Waals surface area contributed by atoms with Gasteiger partial charge < -0.3 is 21.1 Å². The van der Waals surface area contributed by atoms with E-state index in [0.717, 1.165) is 32.2 Å². The third-order valence-corrected chi connectivity index (χ3v) is 3.04. The Morgan fingerprint density at radius 3 is 2.56 bits per heavy atom. The second kappa shape index (κ2) is 11.4. The lowest BCUT2D eigenvalue weighted by atomic mass is 9.83. The highest BCUT2D eigenvalue weighted by Gasteiger charge is 2.17. The molecule has 0 saturated carbocycles. The maximum Gasteiger partial charge on any atom is 0.451 e. The molecular formula is C11H23BN2O4. The van der Waals surface area contributed by atoms with Gasteiger partial charge in [0.2, 0.25) is 0 Å². The van der Waals surface area contributed by atoms with Crippen molar-refractivity contribution < 1.29 is 19.6 Å². The topological polar surface area (TPSA) is 113 Å². The molecule has 1 aliphatic rings. The van der Waals surface area contributed by atoms with Crippen molar-refractivity contribution in [3.05, 3.63) is 0 Å². The van der Waals surface area contributed by atoms with E-state index in [-0.39, 0.29) is 12.2 Å². The molecule has 0 bridgehead atoms. The Bertz CT molecular complexity index is 229. The predicted octanol–water partition coefficient (Wildman–Crippen LogP) is -0.485. The van der Waals surface area contributed by atoms with E-state index >= 15 is 0 Å². The van der Waals surface area contributed by atoms with Gasteiger partial charge in [-0.25, -0.2) is 0 Å². The van der Waals surface area contributed by atoms with E-state index in [9.17, 15) is 0 Å². The van der Waals surface area contributed by atoms with Crippen molar-refractivity contribution in [2.75, 3.05) is 6.54 Å². The average Bonchev–Trinajstić information content (AvgIpc) is 2.78. The number of nitrogens with one attached hydrogen (secondary N) is 1. The minimum atomic E-state index is -1.15. The molecule has 1 rings (SSSR count).